The lowest BCUT2D eigenvalue weighted by Gasteiger charge is -2.12. The van der Waals surface area contributed by atoms with E-state index < -0.39 is 0 Å². The Morgan fingerprint density at radius 2 is 2.22 bits per heavy atom. The highest BCUT2D eigenvalue weighted by molar-refractivity contribution is 5.65. The summed E-state index contributed by atoms with van der Waals surface area (Å²) in [6.45, 7) is 4.17. The molecular formula is C12H17N5O. The minimum atomic E-state index is 0.249. The quantitative estimate of drug-likeness (QED) is 0.835. The molecule has 0 aliphatic rings. The number of tetrazole rings is 1. The molecule has 96 valence electrons. The Balaban J connectivity index is 2.46. The number of nitrogen functional groups attached to an aromatic ring is 1. The van der Waals surface area contributed by atoms with Crippen LogP contribution in [0.25, 0.3) is 11.4 Å². The third-order valence-corrected chi connectivity index (χ3v) is 2.99. The van der Waals surface area contributed by atoms with E-state index in [9.17, 15) is 0 Å². The molecule has 0 saturated carbocycles. The van der Waals surface area contributed by atoms with E-state index >= 15 is 0 Å². The number of anilines is 1. The third-order valence-electron chi connectivity index (χ3n) is 2.99. The van der Waals surface area contributed by atoms with Gasteiger partial charge in [0.25, 0.3) is 0 Å². The first-order valence-electron chi connectivity index (χ1n) is 5.89. The van der Waals surface area contributed by atoms with E-state index in [0.29, 0.717) is 11.4 Å². The van der Waals surface area contributed by atoms with Gasteiger partial charge in [-0.05, 0) is 42.0 Å². The van der Waals surface area contributed by atoms with Crippen molar-refractivity contribution in [1.29, 1.82) is 0 Å². The van der Waals surface area contributed by atoms with Gasteiger partial charge in [0.1, 0.15) is 5.75 Å². The second-order valence-electron chi connectivity index (χ2n) is 4.16. The summed E-state index contributed by atoms with van der Waals surface area (Å²) in [5.74, 6) is 1.36. The van der Waals surface area contributed by atoms with Crippen LogP contribution in [0.3, 0.4) is 0 Å². The van der Waals surface area contributed by atoms with Gasteiger partial charge in [-0.3, -0.25) is 0 Å². The van der Waals surface area contributed by atoms with Gasteiger partial charge in [0.2, 0.25) is 0 Å². The van der Waals surface area contributed by atoms with Gasteiger partial charge in [-0.1, -0.05) is 6.92 Å². The maximum Gasteiger partial charge on any atom is 0.182 e. The minimum Gasteiger partial charge on any atom is -0.495 e. The van der Waals surface area contributed by atoms with Gasteiger partial charge >= 0.3 is 0 Å². The summed E-state index contributed by atoms with van der Waals surface area (Å²) in [6, 6.07) is 5.78. The predicted molar refractivity (Wildman–Crippen MR) is 69.2 cm³/mol. The topological polar surface area (TPSA) is 78.9 Å². The standard InChI is InChI=1S/C12H17N5O/c1-4-8(2)17-12(14-15-16-17)9-5-6-10(13)11(7-9)18-3/h5-8H,4,13H2,1-3H3. The maximum atomic E-state index is 5.79. The average molecular weight is 247 g/mol. The molecule has 1 aromatic carbocycles. The summed E-state index contributed by atoms with van der Waals surface area (Å²) < 4.78 is 7.02. The molecule has 0 spiro atoms. The maximum absolute atomic E-state index is 5.79. The smallest absolute Gasteiger partial charge is 0.182 e. The molecule has 6 heteroatoms. The van der Waals surface area contributed by atoms with Gasteiger partial charge in [-0.25, -0.2) is 4.68 Å². The molecule has 0 radical (unpaired) electrons. The van der Waals surface area contributed by atoms with E-state index in [-0.39, 0.29) is 6.04 Å². The number of nitrogens with zero attached hydrogens (tertiary/aromatic N) is 4. The third kappa shape index (κ3) is 2.13. The molecular weight excluding hydrogens is 230 g/mol. The highest BCUT2D eigenvalue weighted by Crippen LogP contribution is 2.28. The van der Waals surface area contributed by atoms with Crippen molar-refractivity contribution in [2.45, 2.75) is 26.3 Å². The number of methoxy groups -OCH3 is 1. The van der Waals surface area contributed by atoms with Crippen LogP contribution in [0.5, 0.6) is 5.75 Å². The van der Waals surface area contributed by atoms with E-state index in [1.807, 2.05) is 16.8 Å². The molecule has 0 fully saturated rings. The number of hydrogen-bond donors (Lipinski definition) is 1. The Kier molecular flexibility index (Phi) is 3.45. The van der Waals surface area contributed by atoms with Crippen molar-refractivity contribution in [3.8, 4) is 17.1 Å². The van der Waals surface area contributed by atoms with Crippen molar-refractivity contribution in [2.75, 3.05) is 12.8 Å². The lowest BCUT2D eigenvalue weighted by atomic mass is 10.1. The fraction of sp³-hybridized carbons (Fsp3) is 0.417. The van der Waals surface area contributed by atoms with E-state index in [2.05, 4.69) is 29.4 Å². The second kappa shape index (κ2) is 5.03. The SMILES string of the molecule is CCC(C)n1nnnc1-c1ccc(N)c(OC)c1. The van der Waals surface area contributed by atoms with Crippen LogP contribution in [-0.2, 0) is 0 Å². The fourth-order valence-electron chi connectivity index (χ4n) is 1.70. The van der Waals surface area contributed by atoms with Crippen LogP contribution in [0.15, 0.2) is 18.2 Å². The predicted octanol–water partition coefficient (Wildman–Crippen LogP) is 1.90. The van der Waals surface area contributed by atoms with Crippen molar-refractivity contribution in [3.63, 3.8) is 0 Å². The van der Waals surface area contributed by atoms with Crippen molar-refractivity contribution < 1.29 is 4.74 Å². The summed E-state index contributed by atoms with van der Waals surface area (Å²) in [5.41, 5.74) is 7.29. The van der Waals surface area contributed by atoms with Gasteiger partial charge in [0.15, 0.2) is 5.82 Å². The normalized spacial score (nSPS) is 12.4. The summed E-state index contributed by atoms with van der Waals surface area (Å²) in [6.07, 6.45) is 0.962. The van der Waals surface area contributed by atoms with Crippen molar-refractivity contribution in [3.05, 3.63) is 18.2 Å². The summed E-state index contributed by atoms with van der Waals surface area (Å²) in [4.78, 5) is 0. The number of benzene rings is 1. The number of ether oxygens (including phenoxy) is 1. The summed E-state index contributed by atoms with van der Waals surface area (Å²) in [5, 5.41) is 11.8. The Morgan fingerprint density at radius 3 is 2.89 bits per heavy atom. The largest absolute Gasteiger partial charge is 0.495 e. The van der Waals surface area contributed by atoms with Crippen LogP contribution in [0.4, 0.5) is 5.69 Å². The van der Waals surface area contributed by atoms with Crippen LogP contribution in [-0.4, -0.2) is 27.3 Å². The molecule has 0 saturated heterocycles. The summed E-state index contributed by atoms with van der Waals surface area (Å²) >= 11 is 0. The zero-order valence-corrected chi connectivity index (χ0v) is 10.8. The molecule has 0 aliphatic heterocycles. The Labute approximate surface area is 106 Å². The molecule has 1 aromatic heterocycles. The van der Waals surface area contributed by atoms with E-state index in [0.717, 1.165) is 17.8 Å². The van der Waals surface area contributed by atoms with Crippen molar-refractivity contribution in [1.82, 2.24) is 20.2 Å². The first-order valence-corrected chi connectivity index (χ1v) is 5.89. The van der Waals surface area contributed by atoms with Crippen molar-refractivity contribution >= 4 is 5.69 Å². The molecule has 2 N–H and O–H groups in total. The number of nitrogens with two attached hydrogens (primary N) is 1. The first kappa shape index (κ1) is 12.3. The summed E-state index contributed by atoms with van der Waals surface area (Å²) in [7, 11) is 1.59. The van der Waals surface area contributed by atoms with Crippen LogP contribution in [0.1, 0.15) is 26.3 Å². The lowest BCUT2D eigenvalue weighted by Crippen LogP contribution is -2.08. The molecule has 18 heavy (non-hydrogen) atoms. The van der Waals surface area contributed by atoms with Crippen molar-refractivity contribution in [2.24, 2.45) is 0 Å². The first-order chi connectivity index (χ1) is 8.67. The molecule has 1 atom stereocenters. The van der Waals surface area contributed by atoms with Gasteiger partial charge < -0.3 is 10.5 Å². The molecule has 0 bridgehead atoms. The molecule has 2 aromatic rings. The van der Waals surface area contributed by atoms with Crippen LogP contribution < -0.4 is 10.5 Å². The van der Waals surface area contributed by atoms with Crippen LogP contribution in [0.2, 0.25) is 0 Å². The van der Waals surface area contributed by atoms with Gasteiger partial charge in [-0.2, -0.15) is 0 Å². The monoisotopic (exact) mass is 247 g/mol. The van der Waals surface area contributed by atoms with Crippen LogP contribution >= 0.6 is 0 Å². The lowest BCUT2D eigenvalue weighted by molar-refractivity contribution is 0.417. The molecule has 0 amide bonds. The molecule has 6 nitrogen and oxygen atoms in total. The van der Waals surface area contributed by atoms with E-state index in [1.54, 1.807) is 13.2 Å². The Hall–Kier alpha value is -2.11. The zero-order chi connectivity index (χ0) is 13.1. The fourth-order valence-corrected chi connectivity index (χ4v) is 1.70. The van der Waals surface area contributed by atoms with E-state index in [1.165, 1.54) is 0 Å². The Bertz CT molecular complexity index is 537. The van der Waals surface area contributed by atoms with Crippen LogP contribution in [0, 0.1) is 0 Å². The highest BCUT2D eigenvalue weighted by atomic mass is 16.5. The minimum absolute atomic E-state index is 0.249. The number of rotatable bonds is 4. The van der Waals surface area contributed by atoms with Gasteiger partial charge in [0, 0.05) is 5.56 Å². The van der Waals surface area contributed by atoms with E-state index in [4.69, 9.17) is 10.5 Å². The molecule has 0 aliphatic carbocycles. The average Bonchev–Trinajstić information content (AvgIpc) is 2.87. The molecule has 1 unspecified atom stereocenters. The van der Waals surface area contributed by atoms with Gasteiger partial charge in [-0.15, -0.1) is 5.10 Å². The second-order valence-corrected chi connectivity index (χ2v) is 4.16. The Morgan fingerprint density at radius 1 is 1.44 bits per heavy atom. The molecule has 1 heterocycles. The number of aromatic nitrogens is 4. The van der Waals surface area contributed by atoms with Gasteiger partial charge in [0.05, 0.1) is 18.8 Å². The highest BCUT2D eigenvalue weighted by Gasteiger charge is 2.14. The molecule has 2 rings (SSSR count). The number of hydrogen-bond acceptors (Lipinski definition) is 5. The zero-order valence-electron chi connectivity index (χ0n) is 10.8.